The van der Waals surface area contributed by atoms with Gasteiger partial charge in [-0.1, -0.05) is 6.07 Å². The van der Waals surface area contributed by atoms with Crippen molar-refractivity contribution < 1.29 is 19.2 Å². The van der Waals surface area contributed by atoms with Crippen molar-refractivity contribution in [2.75, 3.05) is 6.61 Å². The van der Waals surface area contributed by atoms with E-state index in [1.807, 2.05) is 0 Å². The van der Waals surface area contributed by atoms with Crippen LogP contribution in [0, 0.1) is 12.7 Å². The minimum atomic E-state index is -1.79. The molecular formula is C9H12BFO3. The van der Waals surface area contributed by atoms with E-state index in [4.69, 9.17) is 14.8 Å². The molecule has 0 aliphatic heterocycles. The van der Waals surface area contributed by atoms with E-state index >= 15 is 0 Å². The molecule has 0 saturated heterocycles. The average molecular weight is 198 g/mol. The number of halogens is 1. The van der Waals surface area contributed by atoms with Gasteiger partial charge in [0, 0.05) is 11.5 Å². The fraction of sp³-hybridized carbons (Fsp3) is 0.333. The molecule has 1 aromatic rings. The Morgan fingerprint density at radius 2 is 2.07 bits per heavy atom. The van der Waals surface area contributed by atoms with Crippen molar-refractivity contribution in [3.8, 4) is 5.75 Å². The van der Waals surface area contributed by atoms with E-state index in [1.165, 1.54) is 6.07 Å². The summed E-state index contributed by atoms with van der Waals surface area (Å²) >= 11 is 0. The molecule has 0 aromatic heterocycles. The molecule has 0 aliphatic rings. The van der Waals surface area contributed by atoms with Gasteiger partial charge in [0.2, 0.25) is 0 Å². The highest BCUT2D eigenvalue weighted by molar-refractivity contribution is 6.58. The summed E-state index contributed by atoms with van der Waals surface area (Å²) in [5.74, 6) is -0.247. The molecule has 0 bridgehead atoms. The molecule has 0 atom stereocenters. The van der Waals surface area contributed by atoms with Crippen molar-refractivity contribution in [3.63, 3.8) is 0 Å². The van der Waals surface area contributed by atoms with E-state index in [1.54, 1.807) is 13.8 Å². The lowest BCUT2D eigenvalue weighted by Gasteiger charge is -2.09. The highest BCUT2D eigenvalue weighted by Gasteiger charge is 2.18. The third-order valence-corrected chi connectivity index (χ3v) is 1.87. The van der Waals surface area contributed by atoms with Gasteiger partial charge in [0.15, 0.2) is 0 Å². The molecule has 2 N–H and O–H groups in total. The first kappa shape index (κ1) is 11.0. The van der Waals surface area contributed by atoms with Gasteiger partial charge in [0.25, 0.3) is 0 Å². The van der Waals surface area contributed by atoms with Crippen molar-refractivity contribution in [1.29, 1.82) is 0 Å². The van der Waals surface area contributed by atoms with Crippen LogP contribution < -0.4 is 10.2 Å². The molecule has 0 aliphatic carbocycles. The van der Waals surface area contributed by atoms with E-state index in [-0.39, 0.29) is 5.46 Å². The highest BCUT2D eigenvalue weighted by atomic mass is 19.1. The Bertz CT molecular complexity index is 328. The minimum absolute atomic E-state index is 0.133. The molecule has 1 aromatic carbocycles. The summed E-state index contributed by atoms with van der Waals surface area (Å²) < 4.78 is 18.4. The quantitative estimate of drug-likeness (QED) is 0.682. The number of hydrogen-bond donors (Lipinski definition) is 2. The lowest BCUT2D eigenvalue weighted by atomic mass is 9.79. The number of ether oxygens (including phenoxy) is 1. The Kier molecular flexibility index (Phi) is 3.49. The standard InChI is InChI=1S/C9H12BFO3/c1-3-14-9-5-8(11)7(10(12)13)4-6(9)2/h4-5,12-13H,3H2,1-2H3. The van der Waals surface area contributed by atoms with Gasteiger partial charge < -0.3 is 14.8 Å². The topological polar surface area (TPSA) is 49.7 Å². The molecule has 0 saturated carbocycles. The SMILES string of the molecule is CCOc1cc(F)c(B(O)O)cc1C. The number of aryl methyl sites for hydroxylation is 1. The number of hydrogen-bond acceptors (Lipinski definition) is 3. The summed E-state index contributed by atoms with van der Waals surface area (Å²) in [6.07, 6.45) is 0. The number of benzene rings is 1. The van der Waals surface area contributed by atoms with Crippen LogP contribution >= 0.6 is 0 Å². The number of rotatable bonds is 3. The summed E-state index contributed by atoms with van der Waals surface area (Å²) in [5.41, 5.74) is 0.544. The second-order valence-corrected chi connectivity index (χ2v) is 2.95. The molecule has 1 rings (SSSR count). The second-order valence-electron chi connectivity index (χ2n) is 2.95. The Labute approximate surface area is 82.3 Å². The van der Waals surface area contributed by atoms with Gasteiger partial charge in [-0.3, -0.25) is 0 Å². The Balaban J connectivity index is 3.10. The summed E-state index contributed by atoms with van der Waals surface area (Å²) in [7, 11) is -1.79. The smallest absolute Gasteiger partial charge is 0.491 e. The van der Waals surface area contributed by atoms with E-state index < -0.39 is 12.9 Å². The van der Waals surface area contributed by atoms with Crippen molar-refractivity contribution in [3.05, 3.63) is 23.5 Å². The van der Waals surface area contributed by atoms with Crippen LogP contribution in [-0.2, 0) is 0 Å². The maximum Gasteiger partial charge on any atom is 0.491 e. The molecule has 0 heterocycles. The summed E-state index contributed by atoms with van der Waals surface area (Å²) in [6, 6.07) is 2.53. The average Bonchev–Trinajstić information content (AvgIpc) is 2.10. The Morgan fingerprint density at radius 1 is 1.43 bits per heavy atom. The molecule has 14 heavy (non-hydrogen) atoms. The predicted molar refractivity (Wildman–Crippen MR) is 52.1 cm³/mol. The van der Waals surface area contributed by atoms with Crippen LogP contribution in [0.1, 0.15) is 12.5 Å². The van der Waals surface area contributed by atoms with Crippen molar-refractivity contribution >= 4 is 12.6 Å². The van der Waals surface area contributed by atoms with Crippen LogP contribution in [-0.4, -0.2) is 23.8 Å². The fourth-order valence-corrected chi connectivity index (χ4v) is 1.19. The van der Waals surface area contributed by atoms with E-state index in [0.29, 0.717) is 17.9 Å². The van der Waals surface area contributed by atoms with Gasteiger partial charge in [-0.2, -0.15) is 0 Å². The lowest BCUT2D eigenvalue weighted by molar-refractivity contribution is 0.336. The van der Waals surface area contributed by atoms with Gasteiger partial charge in [-0.15, -0.1) is 0 Å². The predicted octanol–water partition coefficient (Wildman–Crippen LogP) is 0.213. The van der Waals surface area contributed by atoms with Crippen LogP contribution in [0.15, 0.2) is 12.1 Å². The molecule has 0 unspecified atom stereocenters. The van der Waals surface area contributed by atoms with E-state index in [9.17, 15) is 4.39 Å². The first-order chi connectivity index (χ1) is 6.56. The van der Waals surface area contributed by atoms with Crippen molar-refractivity contribution in [1.82, 2.24) is 0 Å². The maximum absolute atomic E-state index is 13.2. The third kappa shape index (κ3) is 2.24. The lowest BCUT2D eigenvalue weighted by Crippen LogP contribution is -2.33. The van der Waals surface area contributed by atoms with Gasteiger partial charge in [-0.05, 0) is 19.4 Å². The molecule has 0 spiro atoms. The summed E-state index contributed by atoms with van der Waals surface area (Å²) in [5, 5.41) is 17.6. The van der Waals surface area contributed by atoms with E-state index in [0.717, 1.165) is 6.07 Å². The normalized spacial score (nSPS) is 10.1. The summed E-state index contributed by atoms with van der Waals surface area (Å²) in [6.45, 7) is 3.96. The zero-order valence-electron chi connectivity index (χ0n) is 8.12. The van der Waals surface area contributed by atoms with E-state index in [2.05, 4.69) is 0 Å². The zero-order chi connectivity index (χ0) is 10.7. The molecule has 3 nitrogen and oxygen atoms in total. The highest BCUT2D eigenvalue weighted by Crippen LogP contribution is 2.17. The van der Waals surface area contributed by atoms with Crippen LogP contribution in [0.4, 0.5) is 4.39 Å². The molecule has 5 heteroatoms. The third-order valence-electron chi connectivity index (χ3n) is 1.87. The Morgan fingerprint density at radius 3 is 2.57 bits per heavy atom. The van der Waals surface area contributed by atoms with Crippen LogP contribution in [0.5, 0.6) is 5.75 Å². The van der Waals surface area contributed by atoms with Gasteiger partial charge in [0.1, 0.15) is 11.6 Å². The van der Waals surface area contributed by atoms with Crippen LogP contribution in [0.3, 0.4) is 0 Å². The van der Waals surface area contributed by atoms with Crippen molar-refractivity contribution in [2.45, 2.75) is 13.8 Å². The zero-order valence-corrected chi connectivity index (χ0v) is 8.12. The minimum Gasteiger partial charge on any atom is -0.494 e. The largest absolute Gasteiger partial charge is 0.494 e. The Hall–Kier alpha value is -1.07. The second kappa shape index (κ2) is 4.44. The molecule has 0 fully saturated rings. The molecule has 0 radical (unpaired) electrons. The van der Waals surface area contributed by atoms with Crippen LogP contribution in [0.25, 0.3) is 0 Å². The first-order valence-electron chi connectivity index (χ1n) is 4.35. The fourth-order valence-electron chi connectivity index (χ4n) is 1.19. The van der Waals surface area contributed by atoms with Crippen LogP contribution in [0.2, 0.25) is 0 Å². The van der Waals surface area contributed by atoms with Gasteiger partial charge >= 0.3 is 7.12 Å². The van der Waals surface area contributed by atoms with Gasteiger partial charge in [0.05, 0.1) is 6.61 Å². The monoisotopic (exact) mass is 198 g/mol. The molecule has 0 amide bonds. The van der Waals surface area contributed by atoms with Gasteiger partial charge in [-0.25, -0.2) is 4.39 Å². The molecular weight excluding hydrogens is 186 g/mol. The molecule has 76 valence electrons. The maximum atomic E-state index is 13.2. The van der Waals surface area contributed by atoms with Crippen molar-refractivity contribution in [2.24, 2.45) is 0 Å². The summed E-state index contributed by atoms with van der Waals surface area (Å²) in [4.78, 5) is 0. The first-order valence-corrected chi connectivity index (χ1v) is 4.35.